The molecule has 16 heavy (non-hydrogen) atoms. The van der Waals surface area contributed by atoms with E-state index >= 15 is 0 Å². The summed E-state index contributed by atoms with van der Waals surface area (Å²) in [6, 6.07) is 0. The van der Waals surface area contributed by atoms with Gasteiger partial charge in [-0.15, -0.1) is 0 Å². The van der Waals surface area contributed by atoms with Crippen molar-refractivity contribution in [2.24, 2.45) is 0 Å². The number of aryl methyl sites for hydroxylation is 1. The van der Waals surface area contributed by atoms with Gasteiger partial charge in [-0.25, -0.2) is 9.97 Å². The van der Waals surface area contributed by atoms with E-state index in [1.165, 1.54) is 0 Å². The predicted octanol–water partition coefficient (Wildman–Crippen LogP) is 0.0160. The average Bonchev–Trinajstić information content (AvgIpc) is 2.25. The van der Waals surface area contributed by atoms with E-state index in [2.05, 4.69) is 15.3 Å². The highest BCUT2D eigenvalue weighted by Crippen LogP contribution is 2.18. The fourth-order valence-electron chi connectivity index (χ4n) is 1.07. The Balaban J connectivity index is 2.89. The van der Waals surface area contributed by atoms with Crippen LogP contribution in [0.4, 0.5) is 5.82 Å². The van der Waals surface area contributed by atoms with E-state index in [-0.39, 0.29) is 29.7 Å². The van der Waals surface area contributed by atoms with Crippen molar-refractivity contribution in [3.05, 3.63) is 16.5 Å². The number of anilines is 1. The molecule has 1 heterocycles. The number of carbonyl (C=O) groups excluding carboxylic acids is 1. The van der Waals surface area contributed by atoms with E-state index in [0.717, 1.165) is 0 Å². The van der Waals surface area contributed by atoms with Crippen LogP contribution in [0.25, 0.3) is 0 Å². The first-order chi connectivity index (χ1) is 7.58. The molecule has 1 rings (SSSR count). The van der Waals surface area contributed by atoms with Crippen molar-refractivity contribution in [1.29, 1.82) is 0 Å². The maximum absolute atomic E-state index is 10.8. The summed E-state index contributed by atoms with van der Waals surface area (Å²) in [5.74, 6) is 0.664. The Morgan fingerprint density at radius 2 is 2.25 bits per heavy atom. The standard InChI is InChI=1S/C9H12ClN3O3/c1-5-12-8(10)7(4-15)9(13-5)11-2-6(16)3-14/h4,6,14,16H,2-3H2,1H3,(H,11,12,13). The molecule has 1 aromatic heterocycles. The maximum Gasteiger partial charge on any atom is 0.156 e. The first kappa shape index (κ1) is 12.8. The first-order valence-electron chi connectivity index (χ1n) is 4.60. The first-order valence-corrected chi connectivity index (χ1v) is 4.98. The number of aromatic nitrogens is 2. The van der Waals surface area contributed by atoms with E-state index in [9.17, 15) is 4.79 Å². The summed E-state index contributed by atoms with van der Waals surface area (Å²) in [7, 11) is 0. The Hall–Kier alpha value is -1.24. The van der Waals surface area contributed by atoms with Crippen LogP contribution < -0.4 is 5.32 Å². The second-order valence-electron chi connectivity index (χ2n) is 3.16. The lowest BCUT2D eigenvalue weighted by Gasteiger charge is -2.11. The smallest absolute Gasteiger partial charge is 0.156 e. The maximum atomic E-state index is 10.8. The SMILES string of the molecule is Cc1nc(Cl)c(C=O)c(NCC(O)CO)n1. The lowest BCUT2D eigenvalue weighted by Crippen LogP contribution is -2.24. The molecule has 0 fully saturated rings. The number of aldehydes is 1. The van der Waals surface area contributed by atoms with Crippen LogP contribution in [0.15, 0.2) is 0 Å². The molecule has 0 saturated heterocycles. The largest absolute Gasteiger partial charge is 0.394 e. The van der Waals surface area contributed by atoms with Crippen LogP contribution in [0, 0.1) is 6.92 Å². The summed E-state index contributed by atoms with van der Waals surface area (Å²) in [6.45, 7) is 1.33. The Kier molecular flexibility index (Phi) is 4.60. The fourth-order valence-corrected chi connectivity index (χ4v) is 1.32. The van der Waals surface area contributed by atoms with Gasteiger partial charge in [-0.2, -0.15) is 0 Å². The minimum atomic E-state index is -0.923. The number of nitrogens with zero attached hydrogens (tertiary/aromatic N) is 2. The van der Waals surface area contributed by atoms with Crippen LogP contribution in [0.1, 0.15) is 16.2 Å². The topological polar surface area (TPSA) is 95.3 Å². The van der Waals surface area contributed by atoms with E-state index in [1.807, 2.05) is 0 Å². The minimum absolute atomic E-state index is 0.0588. The number of nitrogens with one attached hydrogen (secondary N) is 1. The molecule has 3 N–H and O–H groups in total. The number of carbonyl (C=O) groups is 1. The predicted molar refractivity (Wildman–Crippen MR) is 58.7 cm³/mol. The van der Waals surface area contributed by atoms with Crippen molar-refractivity contribution < 1.29 is 15.0 Å². The van der Waals surface area contributed by atoms with Gasteiger partial charge in [0.05, 0.1) is 18.3 Å². The molecule has 0 aromatic carbocycles. The molecule has 0 amide bonds. The van der Waals surface area contributed by atoms with Gasteiger partial charge >= 0.3 is 0 Å². The quantitative estimate of drug-likeness (QED) is 0.500. The van der Waals surface area contributed by atoms with Crippen LogP contribution in [-0.4, -0.2) is 45.7 Å². The van der Waals surface area contributed by atoms with Gasteiger partial charge < -0.3 is 15.5 Å². The number of rotatable bonds is 5. The van der Waals surface area contributed by atoms with E-state index in [1.54, 1.807) is 6.92 Å². The molecule has 1 unspecified atom stereocenters. The van der Waals surface area contributed by atoms with Gasteiger partial charge in [-0.1, -0.05) is 11.6 Å². The summed E-state index contributed by atoms with van der Waals surface area (Å²) in [5.41, 5.74) is 0.136. The highest BCUT2D eigenvalue weighted by molar-refractivity contribution is 6.32. The Labute approximate surface area is 97.3 Å². The van der Waals surface area contributed by atoms with Gasteiger partial charge in [0.1, 0.15) is 16.8 Å². The van der Waals surface area contributed by atoms with E-state index < -0.39 is 6.10 Å². The zero-order chi connectivity index (χ0) is 12.1. The van der Waals surface area contributed by atoms with Gasteiger partial charge in [-0.3, -0.25) is 4.79 Å². The van der Waals surface area contributed by atoms with Crippen LogP contribution >= 0.6 is 11.6 Å². The van der Waals surface area contributed by atoms with Crippen LogP contribution in [0.3, 0.4) is 0 Å². The molecule has 0 radical (unpaired) electrons. The van der Waals surface area contributed by atoms with Crippen molar-refractivity contribution in [2.75, 3.05) is 18.5 Å². The van der Waals surface area contributed by atoms with Crippen LogP contribution in [-0.2, 0) is 0 Å². The normalized spacial score (nSPS) is 12.2. The lowest BCUT2D eigenvalue weighted by molar-refractivity contribution is 0.105. The van der Waals surface area contributed by atoms with E-state index in [0.29, 0.717) is 12.1 Å². The molecular weight excluding hydrogens is 234 g/mol. The second kappa shape index (κ2) is 5.74. The van der Waals surface area contributed by atoms with Crippen molar-refractivity contribution in [2.45, 2.75) is 13.0 Å². The number of aliphatic hydroxyl groups excluding tert-OH is 2. The zero-order valence-electron chi connectivity index (χ0n) is 8.64. The van der Waals surface area contributed by atoms with Crippen LogP contribution in [0.5, 0.6) is 0 Å². The van der Waals surface area contributed by atoms with Crippen molar-refractivity contribution in [1.82, 2.24) is 9.97 Å². The Morgan fingerprint density at radius 3 is 2.81 bits per heavy atom. The number of hydrogen-bond donors (Lipinski definition) is 3. The third kappa shape index (κ3) is 3.13. The minimum Gasteiger partial charge on any atom is -0.394 e. The molecule has 1 aromatic rings. The number of aliphatic hydroxyl groups is 2. The van der Waals surface area contributed by atoms with Crippen molar-refractivity contribution >= 4 is 23.7 Å². The third-order valence-corrected chi connectivity index (χ3v) is 2.13. The molecular formula is C9H12ClN3O3. The summed E-state index contributed by atoms with van der Waals surface area (Å²) < 4.78 is 0. The van der Waals surface area contributed by atoms with E-state index in [4.69, 9.17) is 21.8 Å². The van der Waals surface area contributed by atoms with Gasteiger partial charge in [0.25, 0.3) is 0 Å². The van der Waals surface area contributed by atoms with Crippen molar-refractivity contribution in [3.63, 3.8) is 0 Å². The average molecular weight is 246 g/mol. The summed E-state index contributed by atoms with van der Waals surface area (Å²) in [4.78, 5) is 18.6. The Morgan fingerprint density at radius 1 is 1.56 bits per heavy atom. The summed E-state index contributed by atoms with van der Waals surface area (Å²) in [6.07, 6.45) is -0.386. The van der Waals surface area contributed by atoms with Gasteiger partial charge in [0, 0.05) is 6.54 Å². The van der Waals surface area contributed by atoms with Crippen molar-refractivity contribution in [3.8, 4) is 0 Å². The molecule has 0 aliphatic rings. The third-order valence-electron chi connectivity index (χ3n) is 1.84. The molecule has 0 bridgehead atoms. The molecule has 0 aliphatic carbocycles. The molecule has 7 heteroatoms. The van der Waals surface area contributed by atoms with Gasteiger partial charge in [0.2, 0.25) is 0 Å². The monoisotopic (exact) mass is 245 g/mol. The zero-order valence-corrected chi connectivity index (χ0v) is 9.40. The van der Waals surface area contributed by atoms with Gasteiger partial charge in [-0.05, 0) is 6.92 Å². The molecule has 88 valence electrons. The molecule has 0 saturated carbocycles. The molecule has 0 aliphatic heterocycles. The molecule has 0 spiro atoms. The second-order valence-corrected chi connectivity index (χ2v) is 3.52. The summed E-state index contributed by atoms with van der Waals surface area (Å²) >= 11 is 5.75. The van der Waals surface area contributed by atoms with Gasteiger partial charge in [0.15, 0.2) is 6.29 Å². The fraction of sp³-hybridized carbons (Fsp3) is 0.444. The van der Waals surface area contributed by atoms with Crippen LogP contribution in [0.2, 0.25) is 5.15 Å². The highest BCUT2D eigenvalue weighted by atomic mass is 35.5. The highest BCUT2D eigenvalue weighted by Gasteiger charge is 2.11. The Bertz CT molecular complexity index is 387. The number of halogens is 1. The summed E-state index contributed by atoms with van der Waals surface area (Å²) in [5, 5.41) is 20.6. The molecule has 6 nitrogen and oxygen atoms in total. The number of hydrogen-bond acceptors (Lipinski definition) is 6. The lowest BCUT2D eigenvalue weighted by atomic mass is 10.3. The molecule has 1 atom stereocenters.